The van der Waals surface area contributed by atoms with Crippen LogP contribution in [0.3, 0.4) is 0 Å². The minimum atomic E-state index is -3.96. The lowest BCUT2D eigenvalue weighted by Gasteiger charge is -2.29. The van der Waals surface area contributed by atoms with E-state index in [0.717, 1.165) is 24.3 Å². The molecule has 34 heavy (non-hydrogen) atoms. The van der Waals surface area contributed by atoms with Gasteiger partial charge in [-0.1, -0.05) is 44.7 Å². The van der Waals surface area contributed by atoms with E-state index < -0.39 is 29.7 Å². The topological polar surface area (TPSA) is 18.5 Å². The molecule has 0 amide bonds. The predicted octanol–water partition coefficient (Wildman–Crippen LogP) is 8.98. The van der Waals surface area contributed by atoms with E-state index in [0.29, 0.717) is 5.92 Å². The second kappa shape index (κ2) is 11.9. The Hall–Kier alpha value is -2.24. The molecule has 0 bridgehead atoms. The number of rotatable bonds is 11. The van der Waals surface area contributed by atoms with E-state index in [1.807, 2.05) is 12.1 Å². The standard InChI is InChI=1S/C28H36F4O2/c1-4-6-7-8-20-9-11-21(12-10-20)22-13-15-23(16-14-22)34-28(31,32)26-19(3)17-25(33-5-2)24(18-29)27(26)30/h13-17,20-21H,4-12,18H2,1-3H3. The normalized spacial score (nSPS) is 18.7. The Bertz CT molecular complexity index is 919. The lowest BCUT2D eigenvalue weighted by molar-refractivity contribution is -0.188. The highest BCUT2D eigenvalue weighted by molar-refractivity contribution is 5.45. The summed E-state index contributed by atoms with van der Waals surface area (Å²) in [5, 5.41) is 0. The van der Waals surface area contributed by atoms with Crippen LogP contribution in [-0.4, -0.2) is 6.61 Å². The third-order valence-corrected chi connectivity index (χ3v) is 6.91. The van der Waals surface area contributed by atoms with Crippen molar-refractivity contribution < 1.29 is 27.0 Å². The Balaban J connectivity index is 1.68. The molecule has 1 aliphatic rings. The van der Waals surface area contributed by atoms with E-state index in [-0.39, 0.29) is 23.7 Å². The number of benzene rings is 2. The molecule has 1 fully saturated rings. The third-order valence-electron chi connectivity index (χ3n) is 6.91. The fourth-order valence-corrected chi connectivity index (χ4v) is 5.03. The molecule has 1 aliphatic carbocycles. The summed E-state index contributed by atoms with van der Waals surface area (Å²) >= 11 is 0. The fraction of sp³-hybridized carbons (Fsp3) is 0.571. The molecule has 2 aromatic rings. The summed E-state index contributed by atoms with van der Waals surface area (Å²) in [7, 11) is 0. The highest BCUT2D eigenvalue weighted by atomic mass is 19.3. The molecule has 188 valence electrons. The van der Waals surface area contributed by atoms with Gasteiger partial charge in [0.15, 0.2) is 0 Å². The van der Waals surface area contributed by atoms with Crippen molar-refractivity contribution in [3.8, 4) is 11.5 Å². The zero-order chi connectivity index (χ0) is 24.7. The van der Waals surface area contributed by atoms with Gasteiger partial charge in [0, 0.05) is 0 Å². The van der Waals surface area contributed by atoms with Gasteiger partial charge in [-0.05, 0) is 80.7 Å². The molecule has 0 aliphatic heterocycles. The molecule has 0 N–H and O–H groups in total. The highest BCUT2D eigenvalue weighted by Crippen LogP contribution is 2.41. The summed E-state index contributed by atoms with van der Waals surface area (Å²) < 4.78 is 68.4. The molecule has 0 spiro atoms. The average Bonchev–Trinajstić information content (AvgIpc) is 2.80. The van der Waals surface area contributed by atoms with Crippen LogP contribution in [-0.2, 0) is 12.8 Å². The SMILES string of the molecule is CCCCCC1CCC(c2ccc(OC(F)(F)c3c(C)cc(OCC)c(CF)c3F)cc2)CC1. The summed E-state index contributed by atoms with van der Waals surface area (Å²) in [6.07, 6.45) is 5.80. The first kappa shape index (κ1) is 26.4. The van der Waals surface area contributed by atoms with Gasteiger partial charge in [0.25, 0.3) is 0 Å². The van der Waals surface area contributed by atoms with Crippen molar-refractivity contribution in [2.24, 2.45) is 5.92 Å². The zero-order valence-corrected chi connectivity index (χ0v) is 20.4. The first-order valence-corrected chi connectivity index (χ1v) is 12.5. The van der Waals surface area contributed by atoms with Crippen molar-refractivity contribution in [3.05, 3.63) is 58.4 Å². The Morgan fingerprint density at radius 2 is 1.68 bits per heavy atom. The molecule has 0 saturated heterocycles. The van der Waals surface area contributed by atoms with Gasteiger partial charge in [0.1, 0.15) is 29.6 Å². The lowest BCUT2D eigenvalue weighted by Crippen LogP contribution is -2.25. The van der Waals surface area contributed by atoms with Crippen molar-refractivity contribution in [2.75, 3.05) is 6.61 Å². The van der Waals surface area contributed by atoms with Gasteiger partial charge >= 0.3 is 6.11 Å². The lowest BCUT2D eigenvalue weighted by atomic mass is 9.77. The number of hydrogen-bond acceptors (Lipinski definition) is 2. The maximum atomic E-state index is 15.0. The van der Waals surface area contributed by atoms with Crippen LogP contribution < -0.4 is 9.47 Å². The van der Waals surface area contributed by atoms with Gasteiger partial charge < -0.3 is 9.47 Å². The van der Waals surface area contributed by atoms with Gasteiger partial charge in [-0.15, -0.1) is 0 Å². The summed E-state index contributed by atoms with van der Waals surface area (Å²) in [5.74, 6) is -0.232. The molecule has 0 atom stereocenters. The van der Waals surface area contributed by atoms with Gasteiger partial charge in [0.05, 0.1) is 12.2 Å². The number of aryl methyl sites for hydroxylation is 1. The fourth-order valence-electron chi connectivity index (χ4n) is 5.03. The Kier molecular flexibility index (Phi) is 9.26. The highest BCUT2D eigenvalue weighted by Gasteiger charge is 2.41. The zero-order valence-electron chi connectivity index (χ0n) is 20.4. The van der Waals surface area contributed by atoms with Crippen molar-refractivity contribution >= 4 is 0 Å². The number of hydrogen-bond donors (Lipinski definition) is 0. The molecular formula is C28H36F4O2. The molecule has 2 nitrogen and oxygen atoms in total. The first-order valence-electron chi connectivity index (χ1n) is 12.5. The number of unbranched alkanes of at least 4 members (excludes halogenated alkanes) is 2. The van der Waals surface area contributed by atoms with Crippen molar-refractivity contribution in [1.82, 2.24) is 0 Å². The second-order valence-electron chi connectivity index (χ2n) is 9.33. The van der Waals surface area contributed by atoms with Crippen LogP contribution in [0, 0.1) is 18.7 Å². The first-order chi connectivity index (χ1) is 16.3. The molecular weight excluding hydrogens is 444 g/mol. The Morgan fingerprint density at radius 1 is 1.00 bits per heavy atom. The number of ether oxygens (including phenoxy) is 2. The van der Waals surface area contributed by atoms with Crippen molar-refractivity contribution in [3.63, 3.8) is 0 Å². The van der Waals surface area contributed by atoms with E-state index in [1.54, 1.807) is 6.92 Å². The van der Waals surface area contributed by atoms with E-state index in [9.17, 15) is 17.6 Å². The van der Waals surface area contributed by atoms with Crippen LogP contribution in [0.25, 0.3) is 0 Å². The maximum Gasteiger partial charge on any atom is 0.429 e. The molecule has 6 heteroatoms. The summed E-state index contributed by atoms with van der Waals surface area (Å²) in [5.41, 5.74) is -0.429. The Labute approximate surface area is 200 Å². The maximum absolute atomic E-state index is 15.0. The van der Waals surface area contributed by atoms with Gasteiger partial charge in [-0.3, -0.25) is 0 Å². The van der Waals surface area contributed by atoms with E-state index in [2.05, 4.69) is 6.92 Å². The number of halogens is 4. The molecule has 0 heterocycles. The third kappa shape index (κ3) is 6.25. The second-order valence-corrected chi connectivity index (χ2v) is 9.33. The molecule has 0 unspecified atom stereocenters. The van der Waals surface area contributed by atoms with E-state index in [4.69, 9.17) is 9.47 Å². The van der Waals surface area contributed by atoms with E-state index in [1.165, 1.54) is 63.6 Å². The molecule has 0 aromatic heterocycles. The number of alkyl halides is 3. The predicted molar refractivity (Wildman–Crippen MR) is 127 cm³/mol. The van der Waals surface area contributed by atoms with Gasteiger partial charge in [-0.25, -0.2) is 8.78 Å². The van der Waals surface area contributed by atoms with Crippen LogP contribution in [0.1, 0.15) is 93.4 Å². The summed E-state index contributed by atoms with van der Waals surface area (Å²) in [6.45, 7) is 4.13. The van der Waals surface area contributed by atoms with Crippen LogP contribution in [0.15, 0.2) is 30.3 Å². The van der Waals surface area contributed by atoms with Crippen molar-refractivity contribution in [1.29, 1.82) is 0 Å². The van der Waals surface area contributed by atoms with Crippen LogP contribution in [0.5, 0.6) is 11.5 Å². The van der Waals surface area contributed by atoms with Crippen LogP contribution in [0.2, 0.25) is 0 Å². The minimum absolute atomic E-state index is 0.0588. The summed E-state index contributed by atoms with van der Waals surface area (Å²) in [6, 6.07) is 7.89. The Morgan fingerprint density at radius 3 is 2.26 bits per heavy atom. The molecule has 0 radical (unpaired) electrons. The monoisotopic (exact) mass is 480 g/mol. The molecule has 1 saturated carbocycles. The smallest absolute Gasteiger partial charge is 0.429 e. The average molecular weight is 481 g/mol. The molecule has 3 rings (SSSR count). The minimum Gasteiger partial charge on any atom is -0.493 e. The largest absolute Gasteiger partial charge is 0.493 e. The van der Waals surface area contributed by atoms with Crippen LogP contribution in [0.4, 0.5) is 17.6 Å². The van der Waals surface area contributed by atoms with Crippen LogP contribution >= 0.6 is 0 Å². The summed E-state index contributed by atoms with van der Waals surface area (Å²) in [4.78, 5) is 0. The van der Waals surface area contributed by atoms with Gasteiger partial charge in [0.2, 0.25) is 0 Å². The molecule has 2 aromatic carbocycles. The van der Waals surface area contributed by atoms with Gasteiger partial charge in [-0.2, -0.15) is 8.78 Å². The van der Waals surface area contributed by atoms with Crippen molar-refractivity contribution in [2.45, 2.75) is 90.8 Å². The van der Waals surface area contributed by atoms with E-state index >= 15 is 0 Å². The quantitative estimate of drug-likeness (QED) is 0.236.